The minimum absolute atomic E-state index is 0.123. The molecule has 3 aromatic rings. The van der Waals surface area contributed by atoms with Crippen molar-refractivity contribution in [2.24, 2.45) is 0 Å². The first kappa shape index (κ1) is 20.9. The molecular formula is C22H23N3O5. The zero-order chi connectivity index (χ0) is 21.5. The summed E-state index contributed by atoms with van der Waals surface area (Å²) in [6.45, 7) is 1.90. The number of rotatable bonds is 8. The summed E-state index contributed by atoms with van der Waals surface area (Å²) in [5, 5.41) is 2.67. The number of aromatic nitrogens is 1. The third kappa shape index (κ3) is 5.38. The van der Waals surface area contributed by atoms with Crippen LogP contribution in [0.2, 0.25) is 0 Å². The lowest BCUT2D eigenvalue weighted by Gasteiger charge is -2.15. The number of pyridine rings is 1. The van der Waals surface area contributed by atoms with Gasteiger partial charge in [-0.15, -0.1) is 0 Å². The van der Waals surface area contributed by atoms with Crippen LogP contribution in [0, 0.1) is 6.92 Å². The predicted molar refractivity (Wildman–Crippen MR) is 111 cm³/mol. The summed E-state index contributed by atoms with van der Waals surface area (Å²) in [7, 11) is 3.09. The van der Waals surface area contributed by atoms with E-state index in [9.17, 15) is 9.59 Å². The van der Waals surface area contributed by atoms with Crippen LogP contribution in [0.5, 0.6) is 11.5 Å². The topological polar surface area (TPSA) is 93.9 Å². The Balaban J connectivity index is 1.55. The number of hydrogen-bond acceptors (Lipinski definition) is 6. The molecule has 30 heavy (non-hydrogen) atoms. The van der Waals surface area contributed by atoms with Crippen molar-refractivity contribution in [1.82, 2.24) is 9.88 Å². The molecule has 0 aliphatic rings. The van der Waals surface area contributed by atoms with Crippen LogP contribution in [0.15, 0.2) is 59.1 Å². The van der Waals surface area contributed by atoms with Gasteiger partial charge >= 0.3 is 0 Å². The number of nitrogens with one attached hydrogen (secondary N) is 1. The second kappa shape index (κ2) is 9.60. The van der Waals surface area contributed by atoms with Gasteiger partial charge in [-0.2, -0.15) is 0 Å². The highest BCUT2D eigenvalue weighted by atomic mass is 16.5. The summed E-state index contributed by atoms with van der Waals surface area (Å²) in [4.78, 5) is 30.1. The molecule has 2 heterocycles. The standard InChI is InChI=1S/C22H23N3O5/c1-15-10-11-23-20(12-15)24-21(26)13-25(2)22(27)19-9-8-16(30-19)14-29-18-7-5-4-6-17(18)28-3/h4-12H,13-14H2,1-3H3,(H,23,24,26). The fraction of sp³-hybridized carbons (Fsp3) is 0.227. The van der Waals surface area contributed by atoms with Crippen LogP contribution in [0.3, 0.4) is 0 Å². The molecule has 2 amide bonds. The van der Waals surface area contributed by atoms with Crippen LogP contribution in [0.1, 0.15) is 21.9 Å². The molecule has 0 atom stereocenters. The third-order valence-corrected chi connectivity index (χ3v) is 4.22. The largest absolute Gasteiger partial charge is 0.493 e. The van der Waals surface area contributed by atoms with Crippen LogP contribution in [0.25, 0.3) is 0 Å². The molecular weight excluding hydrogens is 386 g/mol. The Morgan fingerprint density at radius 1 is 1.13 bits per heavy atom. The maximum atomic E-state index is 12.6. The number of carbonyl (C=O) groups excluding carboxylic acids is 2. The monoisotopic (exact) mass is 409 g/mol. The first-order chi connectivity index (χ1) is 14.5. The normalized spacial score (nSPS) is 10.4. The number of hydrogen-bond donors (Lipinski definition) is 1. The second-order valence-corrected chi connectivity index (χ2v) is 6.63. The number of amides is 2. The molecule has 0 aliphatic carbocycles. The Morgan fingerprint density at radius 3 is 2.63 bits per heavy atom. The Bertz CT molecular complexity index is 1030. The molecule has 0 unspecified atom stereocenters. The zero-order valence-corrected chi connectivity index (χ0v) is 17.0. The minimum Gasteiger partial charge on any atom is -0.493 e. The average molecular weight is 409 g/mol. The zero-order valence-electron chi connectivity index (χ0n) is 17.0. The minimum atomic E-state index is -0.411. The molecule has 0 spiro atoms. The van der Waals surface area contributed by atoms with Gasteiger partial charge in [-0.05, 0) is 48.9 Å². The summed E-state index contributed by atoms with van der Waals surface area (Å²) in [5.74, 6) is 1.46. The van der Waals surface area contributed by atoms with Crippen LogP contribution in [0.4, 0.5) is 5.82 Å². The van der Waals surface area contributed by atoms with Crippen LogP contribution >= 0.6 is 0 Å². The van der Waals surface area contributed by atoms with Gasteiger partial charge in [0.25, 0.3) is 5.91 Å². The van der Waals surface area contributed by atoms with Gasteiger partial charge in [0, 0.05) is 13.2 Å². The van der Waals surface area contributed by atoms with E-state index in [1.807, 2.05) is 25.1 Å². The molecule has 0 saturated carbocycles. The molecule has 0 saturated heterocycles. The van der Waals surface area contributed by atoms with E-state index in [0.29, 0.717) is 23.1 Å². The number of ether oxygens (including phenoxy) is 2. The van der Waals surface area contributed by atoms with Crippen LogP contribution in [-0.2, 0) is 11.4 Å². The number of anilines is 1. The number of para-hydroxylation sites is 2. The summed E-state index contributed by atoms with van der Waals surface area (Å²) in [6.07, 6.45) is 1.61. The van der Waals surface area contributed by atoms with E-state index < -0.39 is 5.91 Å². The van der Waals surface area contributed by atoms with Gasteiger partial charge in [0.15, 0.2) is 17.3 Å². The van der Waals surface area contributed by atoms with E-state index in [1.165, 1.54) is 11.9 Å². The molecule has 1 N–H and O–H groups in total. The van der Waals surface area contributed by atoms with Crippen molar-refractivity contribution < 1.29 is 23.5 Å². The number of methoxy groups -OCH3 is 1. The van der Waals surface area contributed by atoms with E-state index in [0.717, 1.165) is 5.56 Å². The lowest BCUT2D eigenvalue weighted by Crippen LogP contribution is -2.34. The van der Waals surface area contributed by atoms with Crippen molar-refractivity contribution in [1.29, 1.82) is 0 Å². The maximum absolute atomic E-state index is 12.6. The third-order valence-electron chi connectivity index (χ3n) is 4.22. The van der Waals surface area contributed by atoms with Crippen molar-refractivity contribution in [3.05, 3.63) is 71.8 Å². The molecule has 8 nitrogen and oxygen atoms in total. The van der Waals surface area contributed by atoms with Gasteiger partial charge in [-0.1, -0.05) is 12.1 Å². The van der Waals surface area contributed by atoms with E-state index in [1.54, 1.807) is 43.6 Å². The van der Waals surface area contributed by atoms with Gasteiger partial charge in [-0.3, -0.25) is 9.59 Å². The molecule has 8 heteroatoms. The Labute approximate surface area is 174 Å². The quantitative estimate of drug-likeness (QED) is 0.614. The number of benzene rings is 1. The van der Waals surface area contributed by atoms with E-state index in [4.69, 9.17) is 13.9 Å². The van der Waals surface area contributed by atoms with Gasteiger partial charge in [0.05, 0.1) is 7.11 Å². The fourth-order valence-corrected chi connectivity index (χ4v) is 2.72. The van der Waals surface area contributed by atoms with Crippen molar-refractivity contribution in [2.45, 2.75) is 13.5 Å². The Hall–Kier alpha value is -3.81. The number of aryl methyl sites for hydroxylation is 1. The van der Waals surface area contributed by atoms with Crippen LogP contribution < -0.4 is 14.8 Å². The van der Waals surface area contributed by atoms with Gasteiger partial charge in [0.2, 0.25) is 5.91 Å². The molecule has 156 valence electrons. The van der Waals surface area contributed by atoms with E-state index >= 15 is 0 Å². The highest BCUT2D eigenvalue weighted by molar-refractivity contribution is 5.97. The summed E-state index contributed by atoms with van der Waals surface area (Å²) < 4.78 is 16.5. The Morgan fingerprint density at radius 2 is 1.90 bits per heavy atom. The SMILES string of the molecule is COc1ccccc1OCc1ccc(C(=O)N(C)CC(=O)Nc2cc(C)ccn2)o1. The van der Waals surface area contributed by atoms with Crippen molar-refractivity contribution in [3.63, 3.8) is 0 Å². The highest BCUT2D eigenvalue weighted by Crippen LogP contribution is 2.26. The van der Waals surface area contributed by atoms with Crippen molar-refractivity contribution >= 4 is 17.6 Å². The second-order valence-electron chi connectivity index (χ2n) is 6.63. The van der Waals surface area contributed by atoms with Crippen molar-refractivity contribution in [2.75, 3.05) is 26.0 Å². The molecule has 1 aromatic carbocycles. The molecule has 2 aromatic heterocycles. The molecule has 0 fully saturated rings. The lowest BCUT2D eigenvalue weighted by molar-refractivity contribution is -0.116. The number of nitrogens with zero attached hydrogens (tertiary/aromatic N) is 2. The van der Waals surface area contributed by atoms with Gasteiger partial charge in [-0.25, -0.2) is 4.98 Å². The summed E-state index contributed by atoms with van der Waals surface area (Å²) in [5.41, 5.74) is 0.975. The molecule has 0 aliphatic heterocycles. The number of likely N-dealkylation sites (N-methyl/N-ethyl adjacent to an activating group) is 1. The molecule has 0 bridgehead atoms. The van der Waals surface area contributed by atoms with Gasteiger partial charge < -0.3 is 24.1 Å². The maximum Gasteiger partial charge on any atom is 0.289 e. The number of furan rings is 1. The van der Waals surface area contributed by atoms with E-state index in [2.05, 4.69) is 10.3 Å². The highest BCUT2D eigenvalue weighted by Gasteiger charge is 2.19. The first-order valence-corrected chi connectivity index (χ1v) is 9.29. The smallest absolute Gasteiger partial charge is 0.289 e. The predicted octanol–water partition coefficient (Wildman–Crippen LogP) is 3.28. The lowest BCUT2D eigenvalue weighted by atomic mass is 10.3. The first-order valence-electron chi connectivity index (χ1n) is 9.29. The summed E-state index contributed by atoms with van der Waals surface area (Å²) >= 11 is 0. The number of carbonyl (C=O) groups is 2. The fourth-order valence-electron chi connectivity index (χ4n) is 2.72. The summed E-state index contributed by atoms with van der Waals surface area (Å²) in [6, 6.07) is 14.0. The van der Waals surface area contributed by atoms with Crippen molar-refractivity contribution in [3.8, 4) is 11.5 Å². The van der Waals surface area contributed by atoms with Gasteiger partial charge in [0.1, 0.15) is 24.7 Å². The van der Waals surface area contributed by atoms with E-state index in [-0.39, 0.29) is 24.8 Å². The molecule has 3 rings (SSSR count). The average Bonchev–Trinajstić information content (AvgIpc) is 3.20. The van der Waals surface area contributed by atoms with Crippen LogP contribution in [-0.4, -0.2) is 42.4 Å². The Kier molecular flexibility index (Phi) is 6.69. The molecule has 0 radical (unpaired) electrons.